The van der Waals surface area contributed by atoms with Crippen LogP contribution >= 0.6 is 34.9 Å². The quantitative estimate of drug-likeness (QED) is 0.474. The zero-order chi connectivity index (χ0) is 10.7. The fourth-order valence-electron chi connectivity index (χ4n) is 1.16. The highest BCUT2D eigenvalue weighted by atomic mass is 32.2. The number of hydrogen-bond donors (Lipinski definition) is 0. The summed E-state index contributed by atoms with van der Waals surface area (Å²) >= 11 is 4.91. The standard InChI is InChI=1S/C10H10N2S3/c1-13-9-5-8(7-3-4-15-6-7)11-10(12-9)14-2/h3-6H,1-2H3. The summed E-state index contributed by atoms with van der Waals surface area (Å²) in [5.74, 6) is 0. The van der Waals surface area contributed by atoms with Gasteiger partial charge < -0.3 is 0 Å². The Labute approximate surface area is 102 Å². The lowest BCUT2D eigenvalue weighted by Crippen LogP contribution is -1.91. The van der Waals surface area contributed by atoms with Crippen LogP contribution in [0.15, 0.2) is 33.1 Å². The summed E-state index contributed by atoms with van der Waals surface area (Å²) < 4.78 is 0. The maximum absolute atomic E-state index is 4.49. The molecule has 2 nitrogen and oxygen atoms in total. The highest BCUT2D eigenvalue weighted by Crippen LogP contribution is 2.25. The van der Waals surface area contributed by atoms with Gasteiger partial charge in [0.25, 0.3) is 0 Å². The van der Waals surface area contributed by atoms with Crippen molar-refractivity contribution in [3.05, 3.63) is 22.9 Å². The summed E-state index contributed by atoms with van der Waals surface area (Å²) in [6.45, 7) is 0. The molecule has 2 heterocycles. The van der Waals surface area contributed by atoms with Crippen LogP contribution in [0.25, 0.3) is 11.3 Å². The second kappa shape index (κ2) is 5.01. The average Bonchev–Trinajstić information content (AvgIpc) is 2.81. The average molecular weight is 254 g/mol. The predicted molar refractivity (Wildman–Crippen MR) is 68.9 cm³/mol. The van der Waals surface area contributed by atoms with E-state index >= 15 is 0 Å². The molecule has 0 saturated heterocycles. The lowest BCUT2D eigenvalue weighted by molar-refractivity contribution is 0.901. The second-order valence-electron chi connectivity index (χ2n) is 2.79. The molecule has 0 aliphatic carbocycles. The van der Waals surface area contributed by atoms with Crippen molar-refractivity contribution in [1.82, 2.24) is 9.97 Å². The van der Waals surface area contributed by atoms with Gasteiger partial charge in [-0.2, -0.15) is 11.3 Å². The summed E-state index contributed by atoms with van der Waals surface area (Å²) in [7, 11) is 0. The first-order chi connectivity index (χ1) is 7.33. The van der Waals surface area contributed by atoms with Crippen molar-refractivity contribution in [2.24, 2.45) is 0 Å². The fraction of sp³-hybridized carbons (Fsp3) is 0.200. The first-order valence-electron chi connectivity index (χ1n) is 4.33. The van der Waals surface area contributed by atoms with E-state index in [0.29, 0.717) is 0 Å². The predicted octanol–water partition coefficient (Wildman–Crippen LogP) is 3.65. The van der Waals surface area contributed by atoms with Crippen LogP contribution in [0.2, 0.25) is 0 Å². The molecule has 2 aromatic heterocycles. The molecule has 15 heavy (non-hydrogen) atoms. The third kappa shape index (κ3) is 2.53. The second-order valence-corrected chi connectivity index (χ2v) is 5.17. The minimum absolute atomic E-state index is 0.836. The van der Waals surface area contributed by atoms with Crippen LogP contribution in [-0.4, -0.2) is 22.5 Å². The third-order valence-electron chi connectivity index (χ3n) is 1.89. The molecular weight excluding hydrogens is 244 g/mol. The summed E-state index contributed by atoms with van der Waals surface area (Å²) in [5, 5.41) is 6.03. The van der Waals surface area contributed by atoms with Gasteiger partial charge in [0.2, 0.25) is 0 Å². The van der Waals surface area contributed by atoms with Crippen LogP contribution in [-0.2, 0) is 0 Å². The van der Waals surface area contributed by atoms with Gasteiger partial charge in [0.15, 0.2) is 5.16 Å². The lowest BCUT2D eigenvalue weighted by atomic mass is 10.2. The van der Waals surface area contributed by atoms with Crippen molar-refractivity contribution in [3.63, 3.8) is 0 Å². The number of nitrogens with zero attached hydrogens (tertiary/aromatic N) is 2. The highest BCUT2D eigenvalue weighted by molar-refractivity contribution is 7.99. The monoisotopic (exact) mass is 254 g/mol. The van der Waals surface area contributed by atoms with E-state index in [4.69, 9.17) is 0 Å². The first-order valence-corrected chi connectivity index (χ1v) is 7.72. The molecule has 2 aromatic rings. The third-order valence-corrected chi connectivity index (χ3v) is 3.75. The van der Waals surface area contributed by atoms with Crippen LogP contribution in [0.4, 0.5) is 0 Å². The van der Waals surface area contributed by atoms with Crippen LogP contribution < -0.4 is 0 Å². The van der Waals surface area contributed by atoms with Crippen LogP contribution in [0.3, 0.4) is 0 Å². The molecule has 0 aromatic carbocycles. The van der Waals surface area contributed by atoms with E-state index in [-0.39, 0.29) is 0 Å². The molecule has 78 valence electrons. The molecule has 2 rings (SSSR count). The molecule has 0 saturated carbocycles. The Hall–Kier alpha value is -0.520. The Kier molecular flexibility index (Phi) is 3.66. The van der Waals surface area contributed by atoms with Gasteiger partial charge in [-0.15, -0.1) is 11.8 Å². The maximum atomic E-state index is 4.49. The molecule has 0 atom stereocenters. The molecule has 0 aliphatic rings. The van der Waals surface area contributed by atoms with Gasteiger partial charge in [0.05, 0.1) is 5.69 Å². The van der Waals surface area contributed by atoms with E-state index in [9.17, 15) is 0 Å². The van der Waals surface area contributed by atoms with Crippen molar-refractivity contribution in [2.75, 3.05) is 12.5 Å². The van der Waals surface area contributed by atoms with E-state index in [1.165, 1.54) is 5.56 Å². The van der Waals surface area contributed by atoms with E-state index in [0.717, 1.165) is 15.9 Å². The minimum atomic E-state index is 0.836. The van der Waals surface area contributed by atoms with Crippen LogP contribution in [0, 0.1) is 0 Å². The van der Waals surface area contributed by atoms with Crippen molar-refractivity contribution in [2.45, 2.75) is 10.2 Å². The van der Waals surface area contributed by atoms with Gasteiger partial charge in [-0.05, 0) is 30.0 Å². The van der Waals surface area contributed by atoms with Gasteiger partial charge in [-0.25, -0.2) is 9.97 Å². The van der Waals surface area contributed by atoms with Gasteiger partial charge in [-0.3, -0.25) is 0 Å². The molecule has 0 radical (unpaired) electrons. The summed E-state index contributed by atoms with van der Waals surface area (Å²) in [4.78, 5) is 8.89. The maximum Gasteiger partial charge on any atom is 0.188 e. The summed E-state index contributed by atoms with van der Waals surface area (Å²) in [6, 6.07) is 4.12. The molecular formula is C10H10N2S3. The zero-order valence-electron chi connectivity index (χ0n) is 8.43. The smallest absolute Gasteiger partial charge is 0.188 e. The van der Waals surface area contributed by atoms with Gasteiger partial charge in [0, 0.05) is 10.9 Å². The molecule has 0 amide bonds. The minimum Gasteiger partial charge on any atom is -0.222 e. The SMILES string of the molecule is CSc1cc(-c2ccsc2)nc(SC)n1. The number of rotatable bonds is 3. The molecule has 0 fully saturated rings. The molecule has 0 bridgehead atoms. The van der Waals surface area contributed by atoms with E-state index in [2.05, 4.69) is 26.8 Å². The largest absolute Gasteiger partial charge is 0.222 e. The highest BCUT2D eigenvalue weighted by Gasteiger charge is 2.05. The normalized spacial score (nSPS) is 10.5. The van der Waals surface area contributed by atoms with Gasteiger partial charge in [-0.1, -0.05) is 11.8 Å². The number of thioether (sulfide) groups is 2. The van der Waals surface area contributed by atoms with Crippen LogP contribution in [0.1, 0.15) is 0 Å². The molecule has 0 N–H and O–H groups in total. The summed E-state index contributed by atoms with van der Waals surface area (Å²) in [6.07, 6.45) is 4.03. The first kappa shape index (κ1) is 11.0. The van der Waals surface area contributed by atoms with Gasteiger partial charge in [0.1, 0.15) is 5.03 Å². The van der Waals surface area contributed by atoms with E-state index < -0.39 is 0 Å². The van der Waals surface area contributed by atoms with E-state index in [1.807, 2.05) is 18.6 Å². The molecule has 0 aliphatic heterocycles. The Morgan fingerprint density at radius 1 is 1.20 bits per heavy atom. The summed E-state index contributed by atoms with van der Waals surface area (Å²) in [5.41, 5.74) is 2.19. The Morgan fingerprint density at radius 3 is 2.67 bits per heavy atom. The Bertz CT molecular complexity index is 418. The number of aromatic nitrogens is 2. The fourth-order valence-corrected chi connectivity index (χ4v) is 2.65. The zero-order valence-corrected chi connectivity index (χ0v) is 10.9. The topological polar surface area (TPSA) is 25.8 Å². The van der Waals surface area contributed by atoms with Crippen LogP contribution in [0.5, 0.6) is 0 Å². The molecule has 5 heteroatoms. The van der Waals surface area contributed by atoms with Gasteiger partial charge >= 0.3 is 0 Å². The van der Waals surface area contributed by atoms with Crippen molar-refractivity contribution < 1.29 is 0 Å². The number of thiophene rings is 1. The molecule has 0 unspecified atom stereocenters. The lowest BCUT2D eigenvalue weighted by Gasteiger charge is -2.03. The Morgan fingerprint density at radius 2 is 2.07 bits per heavy atom. The van der Waals surface area contributed by atoms with Crippen molar-refractivity contribution >= 4 is 34.9 Å². The Balaban J connectivity index is 2.47. The van der Waals surface area contributed by atoms with E-state index in [1.54, 1.807) is 34.9 Å². The number of hydrogen-bond acceptors (Lipinski definition) is 5. The molecule has 0 spiro atoms. The van der Waals surface area contributed by atoms with Crippen molar-refractivity contribution in [3.8, 4) is 11.3 Å². The van der Waals surface area contributed by atoms with Crippen molar-refractivity contribution in [1.29, 1.82) is 0 Å².